The molecule has 1 aromatic rings. The molecule has 0 aromatic heterocycles. The van der Waals surface area contributed by atoms with Crippen LogP contribution >= 0.6 is 23.2 Å². The van der Waals surface area contributed by atoms with Gasteiger partial charge in [-0.2, -0.15) is 0 Å². The molecule has 3 atom stereocenters. The van der Waals surface area contributed by atoms with E-state index in [-0.39, 0.29) is 0 Å². The summed E-state index contributed by atoms with van der Waals surface area (Å²) in [6.07, 6.45) is 0.652. The largest absolute Gasteiger partial charge is 0.489 e. The fourth-order valence-electron chi connectivity index (χ4n) is 2.99. The summed E-state index contributed by atoms with van der Waals surface area (Å²) >= 11 is 12.1. The second-order valence-electron chi connectivity index (χ2n) is 6.16. The van der Waals surface area contributed by atoms with E-state index in [0.29, 0.717) is 41.2 Å². The number of hydrogen-bond acceptors (Lipinski definition) is 3. The fourth-order valence-corrected chi connectivity index (χ4v) is 3.64. The van der Waals surface area contributed by atoms with Crippen molar-refractivity contribution in [1.82, 2.24) is 0 Å². The van der Waals surface area contributed by atoms with Crippen LogP contribution in [-0.2, 0) is 9.47 Å². The highest BCUT2D eigenvalue weighted by molar-refractivity contribution is 6.35. The lowest BCUT2D eigenvalue weighted by Crippen LogP contribution is -3.15. The van der Waals surface area contributed by atoms with E-state index in [9.17, 15) is 0 Å². The Labute approximate surface area is 148 Å². The third-order valence-electron chi connectivity index (χ3n) is 3.88. The topological polar surface area (TPSA) is 32.1 Å². The summed E-state index contributed by atoms with van der Waals surface area (Å²) in [7, 11) is 0. The third-order valence-corrected chi connectivity index (χ3v) is 4.38. The Bertz CT molecular complexity index is 480. The number of aryl methyl sites for hydroxylation is 1. The van der Waals surface area contributed by atoms with Gasteiger partial charge in [-0.1, -0.05) is 23.2 Å². The number of rotatable bonds is 7. The van der Waals surface area contributed by atoms with Gasteiger partial charge in [0.25, 0.3) is 0 Å². The van der Waals surface area contributed by atoms with E-state index in [2.05, 4.69) is 13.8 Å². The highest BCUT2D eigenvalue weighted by Crippen LogP contribution is 2.31. The normalized spacial score (nSPS) is 24.7. The van der Waals surface area contributed by atoms with Gasteiger partial charge in [0, 0.05) is 5.02 Å². The van der Waals surface area contributed by atoms with E-state index in [4.69, 9.17) is 37.4 Å². The zero-order valence-electron chi connectivity index (χ0n) is 14.0. The van der Waals surface area contributed by atoms with Crippen LogP contribution in [0, 0.1) is 6.92 Å². The van der Waals surface area contributed by atoms with Crippen LogP contribution in [-0.4, -0.2) is 51.7 Å². The van der Waals surface area contributed by atoms with E-state index < -0.39 is 0 Å². The molecule has 0 spiro atoms. The van der Waals surface area contributed by atoms with Crippen molar-refractivity contribution in [3.63, 3.8) is 0 Å². The summed E-state index contributed by atoms with van der Waals surface area (Å²) in [5.41, 5.74) is 0.934. The molecule has 1 unspecified atom stereocenters. The molecule has 0 radical (unpaired) electrons. The van der Waals surface area contributed by atoms with Crippen molar-refractivity contribution in [3.05, 3.63) is 27.7 Å². The second-order valence-corrected chi connectivity index (χ2v) is 7.00. The summed E-state index contributed by atoms with van der Waals surface area (Å²) in [6.45, 7) is 11.0. The van der Waals surface area contributed by atoms with E-state index >= 15 is 0 Å². The summed E-state index contributed by atoms with van der Waals surface area (Å²) in [6, 6.07) is 3.53. The van der Waals surface area contributed by atoms with Gasteiger partial charge >= 0.3 is 0 Å². The molecule has 0 saturated carbocycles. The van der Waals surface area contributed by atoms with Gasteiger partial charge in [0.05, 0.1) is 18.2 Å². The molecule has 1 N–H and O–H groups in total. The van der Waals surface area contributed by atoms with E-state index in [0.717, 1.165) is 31.8 Å². The molecule has 6 heteroatoms. The van der Waals surface area contributed by atoms with Crippen molar-refractivity contribution >= 4 is 23.2 Å². The van der Waals surface area contributed by atoms with Gasteiger partial charge in [0.2, 0.25) is 0 Å². The maximum atomic E-state index is 6.14. The molecule has 1 fully saturated rings. The van der Waals surface area contributed by atoms with Crippen LogP contribution in [0.1, 0.15) is 19.4 Å². The molecule has 0 bridgehead atoms. The predicted molar refractivity (Wildman–Crippen MR) is 93.1 cm³/mol. The van der Waals surface area contributed by atoms with E-state index in [1.807, 2.05) is 13.0 Å². The quantitative estimate of drug-likeness (QED) is 0.755. The molecule has 1 aliphatic rings. The van der Waals surface area contributed by atoms with Crippen LogP contribution in [0.3, 0.4) is 0 Å². The van der Waals surface area contributed by atoms with Gasteiger partial charge in [0.1, 0.15) is 44.2 Å². The summed E-state index contributed by atoms with van der Waals surface area (Å²) in [4.78, 5) is 1.54. The van der Waals surface area contributed by atoms with Gasteiger partial charge in [-0.05, 0) is 38.5 Å². The molecule has 4 nitrogen and oxygen atoms in total. The minimum atomic E-state index is 0.326. The van der Waals surface area contributed by atoms with Crippen LogP contribution in [0.2, 0.25) is 10.0 Å². The van der Waals surface area contributed by atoms with E-state index in [1.54, 1.807) is 6.07 Å². The van der Waals surface area contributed by atoms with Crippen molar-refractivity contribution in [2.45, 2.75) is 33.0 Å². The number of benzene rings is 1. The van der Waals surface area contributed by atoms with Gasteiger partial charge in [-0.15, -0.1) is 0 Å². The zero-order valence-corrected chi connectivity index (χ0v) is 15.5. The Morgan fingerprint density at radius 3 is 2.48 bits per heavy atom. The Balaban J connectivity index is 1.63. The Morgan fingerprint density at radius 1 is 1.13 bits per heavy atom. The zero-order chi connectivity index (χ0) is 16.8. The van der Waals surface area contributed by atoms with Crippen molar-refractivity contribution in [1.29, 1.82) is 0 Å². The molecule has 0 aliphatic carbocycles. The Morgan fingerprint density at radius 2 is 1.83 bits per heavy atom. The molecule has 2 rings (SSSR count). The molecule has 1 saturated heterocycles. The van der Waals surface area contributed by atoms with Crippen LogP contribution in [0.5, 0.6) is 5.75 Å². The minimum absolute atomic E-state index is 0.326. The highest BCUT2D eigenvalue weighted by Gasteiger charge is 2.24. The summed E-state index contributed by atoms with van der Waals surface area (Å²) < 4.78 is 17.1. The average molecular weight is 363 g/mol. The van der Waals surface area contributed by atoms with E-state index in [1.165, 1.54) is 4.90 Å². The average Bonchev–Trinajstić information content (AvgIpc) is 2.43. The molecule has 0 amide bonds. The number of ether oxygens (including phenoxy) is 3. The number of hydrogen-bond donors (Lipinski definition) is 1. The lowest BCUT2D eigenvalue weighted by molar-refractivity contribution is -0.915. The lowest BCUT2D eigenvalue weighted by Gasteiger charge is -2.32. The van der Waals surface area contributed by atoms with Gasteiger partial charge < -0.3 is 19.1 Å². The fraction of sp³-hybridized carbons (Fsp3) is 0.647. The molecule has 1 aromatic carbocycles. The van der Waals surface area contributed by atoms with Crippen LogP contribution < -0.4 is 9.64 Å². The standard InChI is InChI=1S/C17H25Cl2NO3/c1-12-8-15(18)9-16(19)17(12)22-7-6-21-5-4-20-10-13(2)23-14(3)11-20/h8-9,13-14H,4-7,10-11H2,1-3H3/p+1/t13-,14+. The number of morpholine rings is 1. The van der Waals surface area contributed by atoms with Crippen molar-refractivity contribution < 1.29 is 19.1 Å². The number of nitrogens with one attached hydrogen (secondary N) is 1. The molecule has 23 heavy (non-hydrogen) atoms. The summed E-state index contributed by atoms with van der Waals surface area (Å²) in [5, 5.41) is 1.16. The maximum Gasteiger partial charge on any atom is 0.141 e. The van der Waals surface area contributed by atoms with Crippen LogP contribution in [0.4, 0.5) is 0 Å². The van der Waals surface area contributed by atoms with Crippen LogP contribution in [0.25, 0.3) is 0 Å². The monoisotopic (exact) mass is 362 g/mol. The highest BCUT2D eigenvalue weighted by atomic mass is 35.5. The molecular formula is C17H26Cl2NO3+. The lowest BCUT2D eigenvalue weighted by atomic mass is 10.2. The minimum Gasteiger partial charge on any atom is -0.489 e. The molecule has 1 heterocycles. The van der Waals surface area contributed by atoms with Gasteiger partial charge in [0.15, 0.2) is 0 Å². The number of quaternary nitrogens is 1. The first-order valence-corrected chi connectivity index (χ1v) is 8.86. The third kappa shape index (κ3) is 6.12. The maximum absolute atomic E-state index is 6.14. The first-order chi connectivity index (χ1) is 11.0. The second kappa shape index (κ2) is 9.09. The van der Waals surface area contributed by atoms with Crippen molar-refractivity contribution in [2.75, 3.05) is 39.5 Å². The van der Waals surface area contributed by atoms with Crippen molar-refractivity contribution in [2.24, 2.45) is 0 Å². The SMILES string of the molecule is Cc1cc(Cl)cc(Cl)c1OCCOCC[NH+]1C[C@@H](C)O[C@@H](C)C1. The Hall–Kier alpha value is -0.520. The molecule has 130 valence electrons. The van der Waals surface area contributed by atoms with Gasteiger partial charge in [-0.25, -0.2) is 0 Å². The predicted octanol–water partition coefficient (Wildman–Crippen LogP) is 2.39. The van der Waals surface area contributed by atoms with Crippen LogP contribution in [0.15, 0.2) is 12.1 Å². The first kappa shape index (κ1) is 18.8. The Kier molecular flexibility index (Phi) is 7.44. The van der Waals surface area contributed by atoms with Crippen molar-refractivity contribution in [3.8, 4) is 5.75 Å². The van der Waals surface area contributed by atoms with Gasteiger partial charge in [-0.3, -0.25) is 0 Å². The molecule has 1 aliphatic heterocycles. The molecular weight excluding hydrogens is 337 g/mol. The number of halogens is 2. The first-order valence-electron chi connectivity index (χ1n) is 8.11. The summed E-state index contributed by atoms with van der Waals surface area (Å²) in [5.74, 6) is 0.682. The smallest absolute Gasteiger partial charge is 0.141 e.